The van der Waals surface area contributed by atoms with Crippen molar-refractivity contribution in [2.24, 2.45) is 4.99 Å². The number of hydrogen-bond acceptors (Lipinski definition) is 18. The Labute approximate surface area is 642 Å². The summed E-state index contributed by atoms with van der Waals surface area (Å²) < 4.78 is 140. The smallest absolute Gasteiger partial charge is 1.00 e. The number of aliphatic hydroxyl groups is 2. The maximum Gasteiger partial charge on any atom is 2.00 e. The molecule has 21 nitrogen and oxygen atoms in total. The van der Waals surface area contributed by atoms with Crippen LogP contribution in [0, 0.1) is 29.7 Å². The summed E-state index contributed by atoms with van der Waals surface area (Å²) in [5, 5.41) is 21.8. The van der Waals surface area contributed by atoms with Crippen molar-refractivity contribution in [3.8, 4) is 46.0 Å². The predicted molar refractivity (Wildman–Crippen MR) is 362 cm³/mol. The van der Waals surface area contributed by atoms with Crippen LogP contribution >= 0.6 is 15.9 Å². The first kappa shape index (κ1) is 95.8. The summed E-state index contributed by atoms with van der Waals surface area (Å²) in [6, 6.07) is 11.1. The van der Waals surface area contributed by atoms with E-state index < -0.39 is 47.4 Å². The van der Waals surface area contributed by atoms with E-state index in [0.717, 1.165) is 87.7 Å². The van der Waals surface area contributed by atoms with Crippen molar-refractivity contribution < 1.29 is 156 Å². The Hall–Kier alpha value is -5.22. The summed E-state index contributed by atoms with van der Waals surface area (Å²) in [6.45, 7) is 20.9. The van der Waals surface area contributed by atoms with E-state index in [9.17, 15) is 50.2 Å². The van der Waals surface area contributed by atoms with E-state index in [1.807, 2.05) is 20.3 Å². The number of hydrogen-bond donors (Lipinski definition) is 3. The third-order valence-electron chi connectivity index (χ3n) is 14.3. The number of likely N-dealkylation sites (tertiary alicyclic amines) is 2. The fourth-order valence-corrected chi connectivity index (χ4v) is 10.9. The van der Waals surface area contributed by atoms with E-state index in [-0.39, 0.29) is 133 Å². The number of ether oxygens (including phenoxy) is 10. The predicted octanol–water partition coefficient (Wildman–Crippen LogP) is 6.56. The largest absolute Gasteiger partial charge is 2.00 e. The molecule has 0 bridgehead atoms. The Kier molecular flexibility index (Phi) is 44.2. The van der Waals surface area contributed by atoms with Crippen LogP contribution in [-0.2, 0) is 24.8 Å². The quantitative estimate of drug-likeness (QED) is 0.0849. The summed E-state index contributed by atoms with van der Waals surface area (Å²) in [5.41, 5.74) is -0.123. The first-order valence-corrected chi connectivity index (χ1v) is 32.6. The van der Waals surface area contributed by atoms with E-state index >= 15 is 0 Å². The normalized spacial score (nSPS) is 18.0. The zero-order valence-corrected chi connectivity index (χ0v) is 64.7. The molecule has 8 heterocycles. The number of rotatable bonds is 3. The van der Waals surface area contributed by atoms with Crippen LogP contribution in [-0.4, -0.2) is 191 Å². The van der Waals surface area contributed by atoms with Gasteiger partial charge >= 0.3 is 71.0 Å². The van der Waals surface area contributed by atoms with Crippen molar-refractivity contribution in [3.63, 3.8) is 0 Å². The Morgan fingerprint density at radius 1 is 0.653 bits per heavy atom. The zero-order valence-electron chi connectivity index (χ0n) is 60.0. The molecule has 3 radical (unpaired) electrons. The molecule has 5 N–H and O–H groups in total. The number of piperidine rings is 3. The van der Waals surface area contributed by atoms with Gasteiger partial charge in [0.15, 0.2) is 51.7 Å². The molecule has 12 rings (SSSR count). The Bertz CT molecular complexity index is 3260. The van der Waals surface area contributed by atoms with E-state index in [1.165, 1.54) is 65.1 Å². The van der Waals surface area contributed by atoms with Gasteiger partial charge in [-0.1, -0.05) is 6.42 Å². The number of aliphatic imine (C=N–C) groups is 1. The number of alkyl halides is 3. The number of amides is 3. The van der Waals surface area contributed by atoms with Gasteiger partial charge in [-0.25, -0.2) is 32.1 Å². The fourth-order valence-electron chi connectivity index (χ4n) is 10.4. The minimum Gasteiger partial charge on any atom is -1.00 e. The summed E-state index contributed by atoms with van der Waals surface area (Å²) in [4.78, 5) is 51.1. The number of nitrogens with zero attached hydrogens (tertiary/aromatic N) is 3. The molecule has 8 aliphatic rings. The van der Waals surface area contributed by atoms with Gasteiger partial charge in [-0.15, -0.1) is 0 Å². The monoisotopic (exact) mass is 1540 g/mol. The molecule has 3 fully saturated rings. The van der Waals surface area contributed by atoms with Crippen LogP contribution in [0.25, 0.3) is 0 Å². The number of aldehydes is 1. The van der Waals surface area contributed by atoms with E-state index in [2.05, 4.69) is 26.2 Å². The standard InChI is InChI=1S/C18H24FNO5.C13H16FNO2.C13H14FNO2.C10H17NO3.C8H6BrFO2.C3H7.C2HF3O.CH4O.B.ClH.Mg.Na.H2O.H/c1-17(2,3)25-16(21)20-7-5-4-6-18(20,22)13-10-12(19)11-14-15(13)24-9-8-23-14;2*14-9-7-10(11-3-1-2-4-15-11)13-12(8-9)16-5-6-17-13;1-10(2,3)14-9(13)11-7-5-4-6-8(11)12;9-6-3-5(10)4-7-8(6)12-2-1-11-7;1-3-2;3-2(4,5)1-6;1-2;;;;;;/h10-11,22H,4-9H2,1-3H3;7-8,11,15H,1-6H2;7-8H,1-6H2;4-7H2,1-3H3;3-4H,1-2H2;3H,1-2H3;1H;2H,1H3;;1H;;;1H2;/q;;;;;-1;;;;;+2;+1;;-1/p-1. The average Bonchev–Trinajstić information content (AvgIpc) is 0.752. The number of nitrogens with one attached hydrogen (secondary N) is 1. The van der Waals surface area contributed by atoms with Crippen molar-refractivity contribution in [2.75, 3.05) is 86.1 Å². The van der Waals surface area contributed by atoms with Gasteiger partial charge in [0.25, 0.3) is 0 Å². The zero-order chi connectivity index (χ0) is 70.8. The van der Waals surface area contributed by atoms with Crippen molar-refractivity contribution in [1.29, 1.82) is 0 Å². The molecule has 2 atom stereocenters. The Morgan fingerprint density at radius 3 is 1.60 bits per heavy atom. The maximum atomic E-state index is 14.1. The average molecular weight is 1540 g/mol. The Balaban J connectivity index is 0. The third-order valence-corrected chi connectivity index (χ3v) is 14.8. The molecule has 4 aromatic carbocycles. The second-order valence-corrected chi connectivity index (χ2v) is 25.2. The second-order valence-electron chi connectivity index (χ2n) is 24.3. The molecule has 0 aromatic heterocycles. The van der Waals surface area contributed by atoms with E-state index in [0.29, 0.717) is 112 Å². The third kappa shape index (κ3) is 30.8. The van der Waals surface area contributed by atoms with Gasteiger partial charge in [-0.3, -0.25) is 19.5 Å². The minimum atomic E-state index is -4.64. The van der Waals surface area contributed by atoms with E-state index in [4.69, 9.17) is 57.3 Å². The van der Waals surface area contributed by atoms with Crippen molar-refractivity contribution in [1.82, 2.24) is 15.1 Å². The molecular formula is C68H92BBrClF7MgN4NaO17. The van der Waals surface area contributed by atoms with Gasteiger partial charge < -0.3 is 88.6 Å². The first-order chi connectivity index (χ1) is 45.5. The number of carbonyl (C=O) groups is 4. The number of imide groups is 1. The van der Waals surface area contributed by atoms with Crippen molar-refractivity contribution in [3.05, 3.63) is 99.4 Å². The summed E-state index contributed by atoms with van der Waals surface area (Å²) in [6.07, 6.45) is 5.54. The molecule has 4 aromatic rings. The van der Waals surface area contributed by atoms with Crippen molar-refractivity contribution >= 4 is 77.5 Å². The molecule has 33 heteroatoms. The molecule has 0 spiro atoms. The summed E-state index contributed by atoms with van der Waals surface area (Å²) in [7, 11) is 1.00. The number of benzene rings is 4. The fraction of sp³-hybridized carbons (Fsp3) is 0.559. The van der Waals surface area contributed by atoms with E-state index in [1.54, 1.807) is 47.6 Å². The van der Waals surface area contributed by atoms with Crippen LogP contribution in [0.2, 0.25) is 0 Å². The number of carbonyl (C=O) groups excluding carboxylic acids is 4. The van der Waals surface area contributed by atoms with Gasteiger partial charge in [0, 0.05) is 95.1 Å². The van der Waals surface area contributed by atoms with Crippen molar-refractivity contribution in [2.45, 2.75) is 162 Å². The van der Waals surface area contributed by atoms with Crippen LogP contribution in [0.1, 0.15) is 157 Å². The first-order valence-electron chi connectivity index (χ1n) is 31.8. The molecule has 101 heavy (non-hydrogen) atoms. The molecular weight excluding hydrogens is 1450 g/mol. The summed E-state index contributed by atoms with van der Waals surface area (Å²) >= 11 is 3.19. The van der Waals surface area contributed by atoms with Crippen LogP contribution in [0.4, 0.5) is 40.3 Å². The molecule has 555 valence electrons. The molecule has 8 aliphatic heterocycles. The van der Waals surface area contributed by atoms with Crippen LogP contribution in [0.5, 0.6) is 46.0 Å². The molecule has 3 amide bonds. The van der Waals surface area contributed by atoms with Gasteiger partial charge in [-0.2, -0.15) is 27.0 Å². The van der Waals surface area contributed by atoms with Crippen LogP contribution in [0.15, 0.2) is 58.0 Å². The number of halogens is 9. The topological polar surface area (TPSA) is 263 Å². The van der Waals surface area contributed by atoms with Gasteiger partial charge in [-0.05, 0) is 146 Å². The Morgan fingerprint density at radius 2 is 1.10 bits per heavy atom. The molecule has 3 saturated heterocycles. The molecule has 2 unspecified atom stereocenters. The van der Waals surface area contributed by atoms with Gasteiger partial charge in [0.2, 0.25) is 12.2 Å². The summed E-state index contributed by atoms with van der Waals surface area (Å²) in [5.74, 6) is 2.44. The van der Waals surface area contributed by atoms with Gasteiger partial charge in [0.05, 0.1) is 10.0 Å². The SMILES string of the molecule is CC(C)(C)OC(=O)N1CCCCC1(O)c1cc(F)cc2c1OCCO2.CC(C)(C)OC(=O)N1CCCCC1=O.CO.C[CH-]C.Fc1cc(Br)c2c(c1)OCCO2.Fc1cc2c(c(C3=NCCCC3)c1)OCCO2.Fc1cc2c(c(C3CCCCN3)c1)OCCO2.O.O=CC(F)(F)F.[B].[Cl-].[H-].[Mg+2].[Na+]. The second kappa shape index (κ2) is 46.6. The van der Waals surface area contributed by atoms with Crippen LogP contribution in [0.3, 0.4) is 0 Å². The van der Waals surface area contributed by atoms with Gasteiger partial charge in [0.1, 0.15) is 87.3 Å². The van der Waals surface area contributed by atoms with Crippen LogP contribution < -0.4 is 85.2 Å². The molecule has 0 saturated carbocycles. The molecule has 0 aliphatic carbocycles. The number of aliphatic hydroxyl groups excluding tert-OH is 1. The maximum absolute atomic E-state index is 14.1. The number of fused-ring (bicyclic) bond motifs is 4. The minimum absolute atomic E-state index is 0.